The lowest BCUT2D eigenvalue weighted by Gasteiger charge is -2.13. The van der Waals surface area contributed by atoms with E-state index in [0.717, 1.165) is 10.9 Å². The third-order valence-electron chi connectivity index (χ3n) is 4.34. The number of carboxylic acids is 1. The zero-order valence-electron chi connectivity index (χ0n) is 15.1. The maximum absolute atomic E-state index is 12.5. The van der Waals surface area contributed by atoms with Crippen LogP contribution in [0.3, 0.4) is 0 Å². The molecule has 0 saturated heterocycles. The van der Waals surface area contributed by atoms with Gasteiger partial charge in [0.1, 0.15) is 6.04 Å². The van der Waals surface area contributed by atoms with Crippen molar-refractivity contribution in [2.45, 2.75) is 25.8 Å². The SMILES string of the molecule is Cc1c(C(=O)NC(CCC(N)=O)C(=O)O)cnn1-c1ccc2ccccc2n1. The minimum atomic E-state index is -1.24. The molecule has 144 valence electrons. The molecule has 0 spiro atoms. The van der Waals surface area contributed by atoms with Crippen molar-refractivity contribution in [1.82, 2.24) is 20.1 Å². The van der Waals surface area contributed by atoms with Crippen LogP contribution in [-0.4, -0.2) is 43.7 Å². The van der Waals surface area contributed by atoms with Gasteiger partial charge in [-0.2, -0.15) is 5.10 Å². The van der Waals surface area contributed by atoms with Crippen LogP contribution in [0.5, 0.6) is 0 Å². The molecule has 1 atom stereocenters. The third-order valence-corrected chi connectivity index (χ3v) is 4.34. The molecule has 0 fully saturated rings. The summed E-state index contributed by atoms with van der Waals surface area (Å²) in [5, 5.41) is 16.8. The summed E-state index contributed by atoms with van der Waals surface area (Å²) in [5.74, 6) is -1.93. The van der Waals surface area contributed by atoms with E-state index in [1.165, 1.54) is 10.9 Å². The van der Waals surface area contributed by atoms with E-state index >= 15 is 0 Å². The number of rotatable bonds is 7. The van der Waals surface area contributed by atoms with E-state index in [1.807, 2.05) is 30.3 Å². The molecule has 2 amide bonds. The number of aromatic nitrogens is 3. The first-order valence-electron chi connectivity index (χ1n) is 8.59. The first kappa shape index (κ1) is 19.0. The quantitative estimate of drug-likeness (QED) is 0.561. The van der Waals surface area contributed by atoms with E-state index in [9.17, 15) is 19.5 Å². The van der Waals surface area contributed by atoms with E-state index in [2.05, 4.69) is 15.4 Å². The number of amides is 2. The summed E-state index contributed by atoms with van der Waals surface area (Å²) in [7, 11) is 0. The van der Waals surface area contributed by atoms with Crippen LogP contribution in [0.2, 0.25) is 0 Å². The fourth-order valence-corrected chi connectivity index (χ4v) is 2.82. The van der Waals surface area contributed by atoms with E-state index in [-0.39, 0.29) is 18.4 Å². The van der Waals surface area contributed by atoms with Gasteiger partial charge in [-0.15, -0.1) is 0 Å². The van der Waals surface area contributed by atoms with E-state index in [0.29, 0.717) is 11.5 Å². The molecule has 1 aromatic carbocycles. The summed E-state index contributed by atoms with van der Waals surface area (Å²) < 4.78 is 1.51. The highest BCUT2D eigenvalue weighted by atomic mass is 16.4. The largest absolute Gasteiger partial charge is 0.480 e. The Bertz CT molecular complexity index is 1060. The van der Waals surface area contributed by atoms with Crippen LogP contribution in [0.4, 0.5) is 0 Å². The van der Waals surface area contributed by atoms with Crippen LogP contribution in [-0.2, 0) is 9.59 Å². The van der Waals surface area contributed by atoms with Gasteiger partial charge < -0.3 is 16.2 Å². The van der Waals surface area contributed by atoms with Crippen molar-refractivity contribution in [1.29, 1.82) is 0 Å². The molecule has 28 heavy (non-hydrogen) atoms. The van der Waals surface area contributed by atoms with Crippen molar-refractivity contribution in [2.75, 3.05) is 0 Å². The lowest BCUT2D eigenvalue weighted by atomic mass is 10.1. The number of primary amides is 1. The number of hydrogen-bond donors (Lipinski definition) is 3. The van der Waals surface area contributed by atoms with Gasteiger partial charge in [0.05, 0.1) is 23.0 Å². The van der Waals surface area contributed by atoms with Crippen molar-refractivity contribution in [2.24, 2.45) is 5.73 Å². The van der Waals surface area contributed by atoms with Crippen molar-refractivity contribution in [3.63, 3.8) is 0 Å². The molecule has 1 unspecified atom stereocenters. The number of carbonyl (C=O) groups is 3. The Morgan fingerprint density at radius 1 is 1.21 bits per heavy atom. The number of nitrogens with two attached hydrogens (primary N) is 1. The molecule has 0 aliphatic heterocycles. The number of para-hydroxylation sites is 1. The molecule has 0 bridgehead atoms. The number of benzene rings is 1. The lowest BCUT2D eigenvalue weighted by molar-refractivity contribution is -0.139. The average molecular weight is 381 g/mol. The van der Waals surface area contributed by atoms with E-state index < -0.39 is 23.8 Å². The molecule has 3 rings (SSSR count). The third kappa shape index (κ3) is 3.98. The number of aliphatic carboxylic acids is 1. The number of fused-ring (bicyclic) bond motifs is 1. The molecule has 2 aromatic heterocycles. The van der Waals surface area contributed by atoms with Crippen LogP contribution in [0.15, 0.2) is 42.6 Å². The number of carboxylic acid groups (broad SMARTS) is 1. The van der Waals surface area contributed by atoms with Gasteiger partial charge in [-0.05, 0) is 31.5 Å². The molecule has 2 heterocycles. The Balaban J connectivity index is 1.83. The first-order valence-corrected chi connectivity index (χ1v) is 8.59. The molecule has 3 aromatic rings. The normalized spacial score (nSPS) is 11.9. The van der Waals surface area contributed by atoms with Crippen LogP contribution in [0.1, 0.15) is 28.9 Å². The molecule has 0 saturated carbocycles. The maximum Gasteiger partial charge on any atom is 0.326 e. The molecule has 4 N–H and O–H groups in total. The number of hydrogen-bond acceptors (Lipinski definition) is 5. The van der Waals surface area contributed by atoms with Crippen molar-refractivity contribution < 1.29 is 19.5 Å². The van der Waals surface area contributed by atoms with Gasteiger partial charge in [-0.25, -0.2) is 14.5 Å². The summed E-state index contributed by atoms with van der Waals surface area (Å²) in [4.78, 5) is 39.3. The molecule has 9 heteroatoms. The Morgan fingerprint density at radius 2 is 1.96 bits per heavy atom. The fraction of sp³-hybridized carbons (Fsp3) is 0.211. The molecule has 0 aliphatic carbocycles. The molecular weight excluding hydrogens is 362 g/mol. The second kappa shape index (κ2) is 7.87. The average Bonchev–Trinajstić information content (AvgIpc) is 3.05. The predicted molar refractivity (Wildman–Crippen MR) is 101 cm³/mol. The summed E-state index contributed by atoms with van der Waals surface area (Å²) in [6, 6.07) is 10.1. The number of nitrogens with one attached hydrogen (secondary N) is 1. The summed E-state index contributed by atoms with van der Waals surface area (Å²) in [6.45, 7) is 1.69. The van der Waals surface area contributed by atoms with Crippen LogP contribution >= 0.6 is 0 Å². The van der Waals surface area contributed by atoms with Crippen molar-refractivity contribution >= 4 is 28.7 Å². The van der Waals surface area contributed by atoms with Gasteiger partial charge in [0, 0.05) is 11.8 Å². The van der Waals surface area contributed by atoms with Gasteiger partial charge in [-0.1, -0.05) is 18.2 Å². The van der Waals surface area contributed by atoms with Crippen molar-refractivity contribution in [3.05, 3.63) is 53.9 Å². The minimum Gasteiger partial charge on any atom is -0.480 e. The molecule has 0 aliphatic rings. The van der Waals surface area contributed by atoms with Crippen LogP contribution in [0.25, 0.3) is 16.7 Å². The monoisotopic (exact) mass is 381 g/mol. The Kier molecular flexibility index (Phi) is 5.35. The number of pyridine rings is 1. The maximum atomic E-state index is 12.5. The minimum absolute atomic E-state index is 0.0875. The van der Waals surface area contributed by atoms with E-state index in [1.54, 1.807) is 13.0 Å². The van der Waals surface area contributed by atoms with Crippen LogP contribution in [0, 0.1) is 6.92 Å². The van der Waals surface area contributed by atoms with Gasteiger partial charge in [0.15, 0.2) is 5.82 Å². The highest BCUT2D eigenvalue weighted by Gasteiger charge is 2.23. The topological polar surface area (TPSA) is 140 Å². The van der Waals surface area contributed by atoms with Crippen LogP contribution < -0.4 is 11.1 Å². The molecule has 9 nitrogen and oxygen atoms in total. The van der Waals surface area contributed by atoms with Gasteiger partial charge >= 0.3 is 5.97 Å². The Morgan fingerprint density at radius 3 is 2.68 bits per heavy atom. The standard InChI is InChI=1S/C19H19N5O4/c1-11-13(18(26)23-15(19(27)28)7-8-16(20)25)10-21-24(11)17-9-6-12-4-2-3-5-14(12)22-17/h2-6,9-10,15H,7-8H2,1H3,(H2,20,25)(H,23,26)(H,27,28). The number of nitrogens with zero attached hydrogens (tertiary/aromatic N) is 3. The highest BCUT2D eigenvalue weighted by molar-refractivity contribution is 5.97. The van der Waals surface area contributed by atoms with Crippen molar-refractivity contribution in [3.8, 4) is 5.82 Å². The first-order chi connectivity index (χ1) is 13.4. The summed E-state index contributed by atoms with van der Waals surface area (Å²) >= 11 is 0. The van der Waals surface area contributed by atoms with Gasteiger partial charge in [0.25, 0.3) is 5.91 Å². The second-order valence-electron chi connectivity index (χ2n) is 6.29. The fourth-order valence-electron chi connectivity index (χ4n) is 2.82. The Hall–Kier alpha value is -3.75. The van der Waals surface area contributed by atoms with E-state index in [4.69, 9.17) is 5.73 Å². The summed E-state index contributed by atoms with van der Waals surface area (Å²) in [6.07, 6.45) is 1.13. The smallest absolute Gasteiger partial charge is 0.326 e. The molecule has 0 radical (unpaired) electrons. The molecular formula is C19H19N5O4. The van der Waals surface area contributed by atoms with Gasteiger partial charge in [-0.3, -0.25) is 9.59 Å². The Labute approximate surface area is 160 Å². The lowest BCUT2D eigenvalue weighted by Crippen LogP contribution is -2.41. The zero-order chi connectivity index (χ0) is 20.3. The number of carbonyl (C=O) groups excluding carboxylic acids is 2. The summed E-state index contributed by atoms with van der Waals surface area (Å²) in [5.41, 5.74) is 6.58. The van der Waals surface area contributed by atoms with Gasteiger partial charge in [0.2, 0.25) is 5.91 Å². The predicted octanol–water partition coefficient (Wildman–Crippen LogP) is 1.18. The second-order valence-corrected chi connectivity index (χ2v) is 6.29. The zero-order valence-corrected chi connectivity index (χ0v) is 15.1. The highest BCUT2D eigenvalue weighted by Crippen LogP contribution is 2.17.